The Kier molecular flexibility index (Phi) is 5.64. The molecule has 0 unspecified atom stereocenters. The van der Waals surface area contributed by atoms with Crippen LogP contribution in [0.2, 0.25) is 0 Å². The van der Waals surface area contributed by atoms with Crippen LogP contribution in [-0.2, 0) is 11.3 Å². The van der Waals surface area contributed by atoms with Crippen molar-refractivity contribution in [3.05, 3.63) is 93.4 Å². The zero-order valence-corrected chi connectivity index (χ0v) is 17.8. The van der Waals surface area contributed by atoms with Gasteiger partial charge in [-0.2, -0.15) is 0 Å². The smallest absolute Gasteiger partial charge is 0.270 e. The summed E-state index contributed by atoms with van der Waals surface area (Å²) in [5.74, 6) is 0.333. The summed E-state index contributed by atoms with van der Waals surface area (Å²) in [4.78, 5) is 29.8. The van der Waals surface area contributed by atoms with Crippen LogP contribution >= 0.6 is 11.3 Å². The number of benzene rings is 2. The third-order valence-corrected chi connectivity index (χ3v) is 5.92. The molecule has 156 valence electrons. The maximum absolute atomic E-state index is 13.1. The van der Waals surface area contributed by atoms with Crippen molar-refractivity contribution in [2.75, 3.05) is 4.90 Å². The van der Waals surface area contributed by atoms with Crippen molar-refractivity contribution in [3.63, 3.8) is 0 Å². The van der Waals surface area contributed by atoms with Crippen LogP contribution in [0.4, 0.5) is 10.8 Å². The van der Waals surface area contributed by atoms with Gasteiger partial charge in [0, 0.05) is 18.2 Å². The molecule has 4 rings (SSSR count). The van der Waals surface area contributed by atoms with Gasteiger partial charge in [0.2, 0.25) is 0 Å². The third-order valence-electron chi connectivity index (χ3n) is 4.88. The van der Waals surface area contributed by atoms with Gasteiger partial charge in [0.1, 0.15) is 5.76 Å². The maximum Gasteiger partial charge on any atom is 0.270 e. The summed E-state index contributed by atoms with van der Waals surface area (Å²) in [5, 5.41) is 11.5. The topological polar surface area (TPSA) is 89.5 Å². The van der Waals surface area contributed by atoms with Crippen LogP contribution in [0.25, 0.3) is 16.3 Å². The summed E-state index contributed by atoms with van der Waals surface area (Å²) in [5.41, 5.74) is 3.68. The van der Waals surface area contributed by atoms with E-state index in [1.165, 1.54) is 29.5 Å². The van der Waals surface area contributed by atoms with Gasteiger partial charge in [0.15, 0.2) is 5.13 Å². The number of fused-ring (bicyclic) bond motifs is 1. The number of nitro benzene ring substituents is 1. The first-order valence-electron chi connectivity index (χ1n) is 9.55. The summed E-state index contributed by atoms with van der Waals surface area (Å²) < 4.78 is 6.43. The lowest BCUT2D eigenvalue weighted by molar-refractivity contribution is -0.384. The number of furan rings is 1. The van der Waals surface area contributed by atoms with Gasteiger partial charge in [-0.3, -0.25) is 19.8 Å². The highest BCUT2D eigenvalue weighted by atomic mass is 32.1. The number of carbonyl (C=O) groups excluding carboxylic acids is 1. The lowest BCUT2D eigenvalue weighted by Gasteiger charge is -2.16. The van der Waals surface area contributed by atoms with E-state index in [2.05, 4.69) is 11.1 Å². The van der Waals surface area contributed by atoms with Crippen LogP contribution < -0.4 is 4.90 Å². The molecule has 0 bridgehead atoms. The van der Waals surface area contributed by atoms with Crippen LogP contribution in [0.3, 0.4) is 0 Å². The van der Waals surface area contributed by atoms with Crippen LogP contribution in [0, 0.1) is 24.0 Å². The largest absolute Gasteiger partial charge is 0.467 e. The van der Waals surface area contributed by atoms with E-state index >= 15 is 0 Å². The van der Waals surface area contributed by atoms with E-state index in [1.807, 2.05) is 19.9 Å². The number of hydrogen-bond donors (Lipinski definition) is 0. The van der Waals surface area contributed by atoms with E-state index in [0.29, 0.717) is 16.5 Å². The summed E-state index contributed by atoms with van der Waals surface area (Å²) >= 11 is 1.44. The molecule has 2 aromatic heterocycles. The molecule has 0 radical (unpaired) electrons. The Bertz CT molecular complexity index is 1250. The number of amides is 1. The predicted molar refractivity (Wildman–Crippen MR) is 121 cm³/mol. The molecular weight excluding hydrogens is 414 g/mol. The number of aryl methyl sites for hydroxylation is 2. The minimum atomic E-state index is -0.465. The first-order valence-corrected chi connectivity index (χ1v) is 10.4. The van der Waals surface area contributed by atoms with Crippen molar-refractivity contribution in [2.24, 2.45) is 0 Å². The lowest BCUT2D eigenvalue weighted by atomic mass is 10.1. The molecule has 0 spiro atoms. The van der Waals surface area contributed by atoms with Gasteiger partial charge < -0.3 is 4.42 Å². The Hall–Kier alpha value is -3.78. The maximum atomic E-state index is 13.1. The SMILES string of the molecule is Cc1cc2nc(N(Cc3ccco3)C(=O)/C=C/c3cccc([N+](=O)[O-])c3)sc2cc1C. The van der Waals surface area contributed by atoms with Gasteiger partial charge in [0.05, 0.1) is 27.9 Å². The van der Waals surface area contributed by atoms with Crippen molar-refractivity contribution < 1.29 is 14.1 Å². The molecule has 8 heteroatoms. The second kappa shape index (κ2) is 8.53. The molecule has 0 atom stereocenters. The van der Waals surface area contributed by atoms with E-state index in [4.69, 9.17) is 4.42 Å². The van der Waals surface area contributed by atoms with Crippen LogP contribution in [0.1, 0.15) is 22.5 Å². The molecule has 0 aliphatic rings. The molecule has 31 heavy (non-hydrogen) atoms. The molecule has 1 amide bonds. The predicted octanol–water partition coefficient (Wildman–Crippen LogP) is 5.66. The molecule has 0 aliphatic carbocycles. The Morgan fingerprint density at radius 1 is 1.19 bits per heavy atom. The fourth-order valence-electron chi connectivity index (χ4n) is 3.08. The summed E-state index contributed by atoms with van der Waals surface area (Å²) in [7, 11) is 0. The van der Waals surface area contributed by atoms with Gasteiger partial charge in [-0.05, 0) is 60.9 Å². The average Bonchev–Trinajstić information content (AvgIpc) is 3.40. The highest BCUT2D eigenvalue weighted by Gasteiger charge is 2.20. The van der Waals surface area contributed by atoms with Gasteiger partial charge in [-0.1, -0.05) is 23.5 Å². The highest BCUT2D eigenvalue weighted by molar-refractivity contribution is 7.22. The van der Waals surface area contributed by atoms with E-state index in [1.54, 1.807) is 41.5 Å². The Balaban J connectivity index is 1.67. The van der Waals surface area contributed by atoms with Gasteiger partial charge in [0.25, 0.3) is 11.6 Å². The monoisotopic (exact) mass is 433 g/mol. The molecular formula is C23H19N3O4S. The van der Waals surface area contributed by atoms with Gasteiger partial charge in [-0.15, -0.1) is 0 Å². The summed E-state index contributed by atoms with van der Waals surface area (Å²) in [6.07, 6.45) is 4.51. The van der Waals surface area contributed by atoms with Crippen molar-refractivity contribution in [2.45, 2.75) is 20.4 Å². The normalized spacial score (nSPS) is 11.3. The number of non-ortho nitro benzene ring substituents is 1. The second-order valence-electron chi connectivity index (χ2n) is 7.09. The molecule has 0 N–H and O–H groups in total. The van der Waals surface area contributed by atoms with E-state index in [0.717, 1.165) is 21.3 Å². The first kappa shape index (κ1) is 20.5. The van der Waals surface area contributed by atoms with Crippen LogP contribution in [0.5, 0.6) is 0 Å². The standard InChI is InChI=1S/C23H19N3O4S/c1-15-11-20-21(12-16(15)2)31-23(24-20)25(14-19-7-4-10-30-19)22(27)9-8-17-5-3-6-18(13-17)26(28)29/h3-13H,14H2,1-2H3/b9-8+. The van der Waals surface area contributed by atoms with E-state index < -0.39 is 4.92 Å². The number of thiazole rings is 1. The van der Waals surface area contributed by atoms with E-state index in [-0.39, 0.29) is 18.1 Å². The molecule has 4 aromatic rings. The van der Waals surface area contributed by atoms with Crippen molar-refractivity contribution >= 4 is 44.4 Å². The van der Waals surface area contributed by atoms with Crippen molar-refractivity contribution in [1.29, 1.82) is 0 Å². The lowest BCUT2D eigenvalue weighted by Crippen LogP contribution is -2.28. The van der Waals surface area contributed by atoms with Crippen LogP contribution in [0.15, 0.2) is 65.3 Å². The summed E-state index contributed by atoms with van der Waals surface area (Å²) in [6, 6.07) is 13.8. The number of anilines is 1. The number of aromatic nitrogens is 1. The number of nitrogens with zero attached hydrogens (tertiary/aromatic N) is 3. The number of hydrogen-bond acceptors (Lipinski definition) is 6. The number of rotatable bonds is 6. The van der Waals surface area contributed by atoms with Crippen molar-refractivity contribution in [1.82, 2.24) is 4.98 Å². The molecule has 7 nitrogen and oxygen atoms in total. The molecule has 0 saturated heterocycles. The highest BCUT2D eigenvalue weighted by Crippen LogP contribution is 2.32. The zero-order chi connectivity index (χ0) is 22.0. The fraction of sp³-hybridized carbons (Fsp3) is 0.130. The Labute approximate surface area is 182 Å². The van der Waals surface area contributed by atoms with Crippen LogP contribution in [-0.4, -0.2) is 15.8 Å². The third kappa shape index (κ3) is 4.54. The fourth-order valence-corrected chi connectivity index (χ4v) is 4.13. The van der Waals surface area contributed by atoms with Gasteiger partial charge in [-0.25, -0.2) is 4.98 Å². The minimum absolute atomic E-state index is 0.0287. The molecule has 0 saturated carbocycles. The van der Waals surface area contributed by atoms with Crippen molar-refractivity contribution in [3.8, 4) is 0 Å². The first-order chi connectivity index (χ1) is 14.9. The number of nitro groups is 1. The minimum Gasteiger partial charge on any atom is -0.467 e. The Morgan fingerprint density at radius 3 is 2.74 bits per heavy atom. The second-order valence-corrected chi connectivity index (χ2v) is 8.10. The molecule has 2 aromatic carbocycles. The molecule has 2 heterocycles. The number of carbonyl (C=O) groups is 1. The Morgan fingerprint density at radius 2 is 2.00 bits per heavy atom. The quantitative estimate of drug-likeness (QED) is 0.222. The van der Waals surface area contributed by atoms with Gasteiger partial charge >= 0.3 is 0 Å². The van der Waals surface area contributed by atoms with E-state index in [9.17, 15) is 14.9 Å². The zero-order valence-electron chi connectivity index (χ0n) is 16.9. The molecule has 0 aliphatic heterocycles. The summed E-state index contributed by atoms with van der Waals surface area (Å²) in [6.45, 7) is 4.30. The average molecular weight is 433 g/mol. The molecule has 0 fully saturated rings.